The summed E-state index contributed by atoms with van der Waals surface area (Å²) in [5, 5.41) is 12.6. The molecule has 0 aromatic heterocycles. The van der Waals surface area contributed by atoms with E-state index in [1.807, 2.05) is 26.0 Å². The van der Waals surface area contributed by atoms with E-state index in [1.54, 1.807) is 13.2 Å². The van der Waals surface area contributed by atoms with E-state index in [1.165, 1.54) is 18.3 Å². The summed E-state index contributed by atoms with van der Waals surface area (Å²) in [6.45, 7) is 4.01. The van der Waals surface area contributed by atoms with Gasteiger partial charge in [0.2, 0.25) is 0 Å². The summed E-state index contributed by atoms with van der Waals surface area (Å²) in [4.78, 5) is 12.1. The van der Waals surface area contributed by atoms with Gasteiger partial charge in [-0.05, 0) is 71.8 Å². The second-order valence-electron chi connectivity index (χ2n) is 5.88. The average molecular weight is 495 g/mol. The van der Waals surface area contributed by atoms with Crippen LogP contribution in [0.2, 0.25) is 0 Å². The number of nitrogens with one attached hydrogen (secondary N) is 1. The first-order valence-electron chi connectivity index (χ1n) is 8.46. The Balaban J connectivity index is 2.15. The van der Waals surface area contributed by atoms with Crippen LogP contribution in [-0.2, 0) is 0 Å². The molecule has 0 aliphatic carbocycles. The zero-order valence-corrected chi connectivity index (χ0v) is 17.8. The maximum absolute atomic E-state index is 13.9. The molecule has 1 N–H and O–H groups in total. The van der Waals surface area contributed by atoms with Gasteiger partial charge in [0.05, 0.1) is 40.2 Å². The third kappa shape index (κ3) is 5.42. The SMILES string of the molecule is CC[C@@H](C)Oc1c(I)cc(/C=N\NC(=O)c2ccc(C#N)cc2F)cc1OC. The van der Waals surface area contributed by atoms with Crippen molar-refractivity contribution < 1.29 is 18.7 Å². The molecule has 0 fully saturated rings. The topological polar surface area (TPSA) is 83.7 Å². The van der Waals surface area contributed by atoms with Crippen LogP contribution in [0.1, 0.15) is 41.8 Å². The maximum atomic E-state index is 13.9. The lowest BCUT2D eigenvalue weighted by atomic mass is 10.1. The van der Waals surface area contributed by atoms with Crippen molar-refractivity contribution in [2.24, 2.45) is 5.10 Å². The zero-order valence-electron chi connectivity index (χ0n) is 15.6. The van der Waals surface area contributed by atoms with Crippen molar-refractivity contribution in [1.82, 2.24) is 5.43 Å². The van der Waals surface area contributed by atoms with Crippen LogP contribution >= 0.6 is 22.6 Å². The van der Waals surface area contributed by atoms with Gasteiger partial charge in [0.25, 0.3) is 5.91 Å². The van der Waals surface area contributed by atoms with E-state index in [9.17, 15) is 9.18 Å². The predicted molar refractivity (Wildman–Crippen MR) is 112 cm³/mol. The molecule has 6 nitrogen and oxygen atoms in total. The average Bonchev–Trinajstić information content (AvgIpc) is 2.69. The molecule has 1 amide bonds. The minimum absolute atomic E-state index is 0.0449. The molecular formula is C20H19FIN3O3. The predicted octanol–water partition coefficient (Wildman–Crippen LogP) is 4.25. The number of hydrogen-bond acceptors (Lipinski definition) is 5. The minimum atomic E-state index is -0.783. The van der Waals surface area contributed by atoms with Crippen molar-refractivity contribution in [3.63, 3.8) is 0 Å². The molecule has 0 unspecified atom stereocenters. The molecule has 2 aromatic carbocycles. The van der Waals surface area contributed by atoms with Gasteiger partial charge in [-0.15, -0.1) is 0 Å². The Hall–Kier alpha value is -2.67. The standard InChI is InChI=1S/C20H19FIN3O3/c1-4-12(2)28-19-17(22)8-14(9-18(19)27-3)11-24-25-20(26)15-6-5-13(10-23)7-16(15)21/h5-9,11-12H,4H2,1-3H3,(H,25,26)/b24-11-/t12-/m1/s1. The molecule has 0 saturated carbocycles. The second-order valence-corrected chi connectivity index (χ2v) is 7.04. The summed E-state index contributed by atoms with van der Waals surface area (Å²) < 4.78 is 26.0. The Morgan fingerprint density at radius 3 is 2.79 bits per heavy atom. The van der Waals surface area contributed by atoms with Crippen molar-refractivity contribution >= 4 is 34.7 Å². The van der Waals surface area contributed by atoms with E-state index in [0.29, 0.717) is 17.1 Å². The van der Waals surface area contributed by atoms with Gasteiger partial charge in [-0.3, -0.25) is 4.79 Å². The summed E-state index contributed by atoms with van der Waals surface area (Å²) in [5.41, 5.74) is 2.89. The fraction of sp³-hybridized carbons (Fsp3) is 0.250. The van der Waals surface area contributed by atoms with E-state index >= 15 is 0 Å². The van der Waals surface area contributed by atoms with Crippen LogP contribution in [0, 0.1) is 20.7 Å². The minimum Gasteiger partial charge on any atom is -0.493 e. The quantitative estimate of drug-likeness (QED) is 0.354. The monoisotopic (exact) mass is 495 g/mol. The fourth-order valence-electron chi connectivity index (χ4n) is 2.21. The van der Waals surface area contributed by atoms with Gasteiger partial charge in [-0.25, -0.2) is 9.82 Å². The van der Waals surface area contributed by atoms with Gasteiger partial charge < -0.3 is 9.47 Å². The van der Waals surface area contributed by atoms with Crippen LogP contribution in [0.15, 0.2) is 35.4 Å². The molecule has 0 heterocycles. The number of halogens is 2. The highest BCUT2D eigenvalue weighted by atomic mass is 127. The molecular weight excluding hydrogens is 476 g/mol. The molecule has 0 aliphatic rings. The lowest BCUT2D eigenvalue weighted by Crippen LogP contribution is -2.19. The summed E-state index contributed by atoms with van der Waals surface area (Å²) in [6, 6.07) is 8.99. The van der Waals surface area contributed by atoms with Crippen LogP contribution in [0.5, 0.6) is 11.5 Å². The Morgan fingerprint density at radius 2 is 2.18 bits per heavy atom. The van der Waals surface area contributed by atoms with Crippen molar-refractivity contribution in [2.45, 2.75) is 26.4 Å². The first-order valence-corrected chi connectivity index (χ1v) is 9.54. The Morgan fingerprint density at radius 1 is 1.43 bits per heavy atom. The largest absolute Gasteiger partial charge is 0.493 e. The number of rotatable bonds is 7. The lowest BCUT2D eigenvalue weighted by molar-refractivity contribution is 0.0951. The highest BCUT2D eigenvalue weighted by molar-refractivity contribution is 14.1. The smallest absolute Gasteiger partial charge is 0.274 e. The Labute approximate surface area is 176 Å². The first kappa shape index (κ1) is 21.6. The van der Waals surface area contributed by atoms with E-state index in [-0.39, 0.29) is 17.2 Å². The van der Waals surface area contributed by atoms with E-state index in [0.717, 1.165) is 16.1 Å². The number of methoxy groups -OCH3 is 1. The molecule has 0 radical (unpaired) electrons. The molecule has 2 aromatic rings. The summed E-state index contributed by atoms with van der Waals surface area (Å²) >= 11 is 2.14. The molecule has 2 rings (SSSR count). The molecule has 0 saturated heterocycles. The third-order valence-electron chi connectivity index (χ3n) is 3.87. The number of ether oxygens (including phenoxy) is 2. The zero-order chi connectivity index (χ0) is 20.7. The van der Waals surface area contributed by atoms with Gasteiger partial charge in [0.15, 0.2) is 11.5 Å². The molecule has 0 aliphatic heterocycles. The number of carbonyl (C=O) groups is 1. The van der Waals surface area contributed by atoms with Crippen molar-refractivity contribution in [3.8, 4) is 17.6 Å². The van der Waals surface area contributed by atoms with Crippen LogP contribution in [0.3, 0.4) is 0 Å². The molecule has 28 heavy (non-hydrogen) atoms. The summed E-state index contributed by atoms with van der Waals surface area (Å²) in [5.74, 6) is -0.289. The summed E-state index contributed by atoms with van der Waals surface area (Å²) in [6.07, 6.45) is 2.33. The second kappa shape index (κ2) is 10.0. The van der Waals surface area contributed by atoms with Crippen molar-refractivity contribution in [1.29, 1.82) is 5.26 Å². The number of carbonyl (C=O) groups excluding carboxylic acids is 1. The van der Waals surface area contributed by atoms with Gasteiger partial charge in [0, 0.05) is 0 Å². The van der Waals surface area contributed by atoms with Crippen LogP contribution in [0.25, 0.3) is 0 Å². The number of hydrazone groups is 1. The Kier molecular flexibility index (Phi) is 7.75. The lowest BCUT2D eigenvalue weighted by Gasteiger charge is -2.17. The maximum Gasteiger partial charge on any atom is 0.274 e. The highest BCUT2D eigenvalue weighted by Gasteiger charge is 2.14. The number of nitriles is 1. The third-order valence-corrected chi connectivity index (χ3v) is 4.67. The number of amides is 1. The molecule has 8 heteroatoms. The van der Waals surface area contributed by atoms with Crippen LogP contribution < -0.4 is 14.9 Å². The molecule has 0 bridgehead atoms. The van der Waals surface area contributed by atoms with Gasteiger partial charge >= 0.3 is 0 Å². The van der Waals surface area contributed by atoms with E-state index in [4.69, 9.17) is 14.7 Å². The number of nitrogens with zero attached hydrogens (tertiary/aromatic N) is 2. The van der Waals surface area contributed by atoms with Crippen LogP contribution in [-0.4, -0.2) is 25.3 Å². The van der Waals surface area contributed by atoms with Gasteiger partial charge in [-0.1, -0.05) is 6.92 Å². The number of hydrogen-bond donors (Lipinski definition) is 1. The molecule has 146 valence electrons. The van der Waals surface area contributed by atoms with Crippen molar-refractivity contribution in [3.05, 3.63) is 56.4 Å². The van der Waals surface area contributed by atoms with E-state index < -0.39 is 11.7 Å². The van der Waals surface area contributed by atoms with Gasteiger partial charge in [-0.2, -0.15) is 10.4 Å². The molecule has 1 atom stereocenters. The van der Waals surface area contributed by atoms with Crippen molar-refractivity contribution in [2.75, 3.05) is 7.11 Å². The molecule has 0 spiro atoms. The van der Waals surface area contributed by atoms with Gasteiger partial charge in [0.1, 0.15) is 5.82 Å². The Bertz CT molecular complexity index is 941. The van der Waals surface area contributed by atoms with E-state index in [2.05, 4.69) is 33.1 Å². The normalized spacial score (nSPS) is 11.7. The number of benzene rings is 2. The summed E-state index contributed by atoms with van der Waals surface area (Å²) in [7, 11) is 1.55. The first-order chi connectivity index (χ1) is 13.4. The van der Waals surface area contributed by atoms with Crippen LogP contribution in [0.4, 0.5) is 4.39 Å². The fourth-order valence-corrected chi connectivity index (χ4v) is 2.96. The highest BCUT2D eigenvalue weighted by Crippen LogP contribution is 2.34.